The molecule has 1 heterocycles. The first-order valence-electron chi connectivity index (χ1n) is 7.72. The number of ether oxygens (including phenoxy) is 1. The second kappa shape index (κ2) is 7.27. The van der Waals surface area contributed by atoms with Crippen LogP contribution in [0.25, 0.3) is 11.1 Å². The molecule has 0 atom stereocenters. The molecule has 0 radical (unpaired) electrons. The highest BCUT2D eigenvalue weighted by Crippen LogP contribution is 2.23. The molecule has 0 aliphatic heterocycles. The number of benzene rings is 2. The third kappa shape index (κ3) is 3.63. The first kappa shape index (κ1) is 16.2. The second-order valence-electron chi connectivity index (χ2n) is 5.52. The molecule has 1 N–H and O–H groups in total. The number of allylic oxidation sites excluding steroid dienone is 1. The average molecular weight is 337 g/mol. The van der Waals surface area contributed by atoms with Crippen LogP contribution in [0, 0.1) is 11.7 Å². The minimum absolute atomic E-state index is 0.352. The van der Waals surface area contributed by atoms with Gasteiger partial charge in [-0.1, -0.05) is 48.0 Å². The number of hydrogen-bond donors (Lipinski definition) is 1. The van der Waals surface area contributed by atoms with Crippen LogP contribution in [-0.2, 0) is 13.2 Å². The lowest BCUT2D eigenvalue weighted by atomic mass is 10.0. The number of rotatable bonds is 6. The first-order chi connectivity index (χ1) is 11.7. The highest BCUT2D eigenvalue weighted by molar-refractivity contribution is 7.71. The molecule has 0 bridgehead atoms. The summed E-state index contributed by atoms with van der Waals surface area (Å²) in [6.45, 7) is 6.78. The monoisotopic (exact) mass is 337 g/mol. The zero-order chi connectivity index (χ0) is 16.9. The summed E-state index contributed by atoms with van der Waals surface area (Å²) >= 11 is 5.19. The minimum Gasteiger partial charge on any atom is -0.486 e. The Kier molecular flexibility index (Phi) is 4.91. The molecule has 5 heteroatoms. The van der Waals surface area contributed by atoms with Crippen LogP contribution in [0.4, 0.5) is 0 Å². The predicted octanol–water partition coefficient (Wildman–Crippen LogP) is 4.68. The maximum atomic E-state index is 5.82. The predicted molar refractivity (Wildman–Crippen MR) is 98.6 cm³/mol. The number of aromatic nitrogens is 3. The van der Waals surface area contributed by atoms with Crippen molar-refractivity contribution in [3.8, 4) is 16.9 Å². The average Bonchev–Trinajstić information content (AvgIpc) is 2.95. The number of H-pyrrole nitrogens is 1. The van der Waals surface area contributed by atoms with Gasteiger partial charge in [-0.05, 0) is 42.4 Å². The molecule has 0 amide bonds. The van der Waals surface area contributed by atoms with E-state index in [1.54, 1.807) is 6.08 Å². The largest absolute Gasteiger partial charge is 0.486 e. The summed E-state index contributed by atoms with van der Waals surface area (Å²) in [4.78, 5) is 0. The molecule has 0 unspecified atom stereocenters. The van der Waals surface area contributed by atoms with Crippen molar-refractivity contribution in [2.45, 2.75) is 20.1 Å². The van der Waals surface area contributed by atoms with Crippen molar-refractivity contribution in [2.24, 2.45) is 0 Å². The van der Waals surface area contributed by atoms with Crippen LogP contribution >= 0.6 is 12.2 Å². The van der Waals surface area contributed by atoms with Crippen LogP contribution in [0.1, 0.15) is 11.4 Å². The second-order valence-corrected chi connectivity index (χ2v) is 5.91. The minimum atomic E-state index is 0.352. The molecular weight excluding hydrogens is 318 g/mol. The molecule has 1 aromatic heterocycles. The molecule has 122 valence electrons. The van der Waals surface area contributed by atoms with Gasteiger partial charge < -0.3 is 4.74 Å². The van der Waals surface area contributed by atoms with Crippen LogP contribution in [0.3, 0.4) is 0 Å². The van der Waals surface area contributed by atoms with Gasteiger partial charge >= 0.3 is 0 Å². The van der Waals surface area contributed by atoms with E-state index in [4.69, 9.17) is 17.0 Å². The maximum absolute atomic E-state index is 5.82. The molecule has 0 saturated heterocycles. The maximum Gasteiger partial charge on any atom is 0.195 e. The molecule has 0 aliphatic carbocycles. The molecule has 4 nitrogen and oxygen atoms in total. The Balaban J connectivity index is 1.70. The fourth-order valence-electron chi connectivity index (χ4n) is 2.42. The van der Waals surface area contributed by atoms with Crippen molar-refractivity contribution in [1.29, 1.82) is 0 Å². The standard InChI is InChI=1S/C19H19N3OS/c1-3-12-22-18(20-21-19(22)24)13-23-17-10-8-16(9-11-17)15-6-4-14(2)5-7-15/h3-11H,1,12-13H2,2H3,(H,21,24). The highest BCUT2D eigenvalue weighted by atomic mass is 32.1. The summed E-state index contributed by atoms with van der Waals surface area (Å²) in [5.74, 6) is 1.55. The van der Waals surface area contributed by atoms with Crippen molar-refractivity contribution in [3.05, 3.63) is 77.3 Å². The topological polar surface area (TPSA) is 42.8 Å². The van der Waals surface area contributed by atoms with Crippen LogP contribution in [-0.4, -0.2) is 14.8 Å². The normalized spacial score (nSPS) is 10.5. The van der Waals surface area contributed by atoms with Gasteiger partial charge in [0, 0.05) is 6.54 Å². The Morgan fingerprint density at radius 3 is 2.38 bits per heavy atom. The van der Waals surface area contributed by atoms with Gasteiger partial charge in [-0.25, -0.2) is 0 Å². The van der Waals surface area contributed by atoms with E-state index in [1.165, 1.54) is 11.1 Å². The number of nitrogens with zero attached hydrogens (tertiary/aromatic N) is 2. The molecule has 0 saturated carbocycles. The van der Waals surface area contributed by atoms with Crippen molar-refractivity contribution in [3.63, 3.8) is 0 Å². The molecule has 0 spiro atoms. The third-order valence-corrected chi connectivity index (χ3v) is 4.07. The summed E-state index contributed by atoms with van der Waals surface area (Å²) in [5, 5.41) is 6.98. The van der Waals surface area contributed by atoms with Crippen LogP contribution in [0.2, 0.25) is 0 Å². The van der Waals surface area contributed by atoms with Gasteiger partial charge in [0.1, 0.15) is 12.4 Å². The van der Waals surface area contributed by atoms with Gasteiger partial charge in [-0.2, -0.15) is 5.10 Å². The zero-order valence-electron chi connectivity index (χ0n) is 13.5. The summed E-state index contributed by atoms with van der Waals surface area (Å²) in [5.41, 5.74) is 3.61. The molecule has 0 aliphatic rings. The van der Waals surface area contributed by atoms with E-state index in [9.17, 15) is 0 Å². The smallest absolute Gasteiger partial charge is 0.195 e. The van der Waals surface area contributed by atoms with Gasteiger partial charge in [0.05, 0.1) is 0 Å². The van der Waals surface area contributed by atoms with Gasteiger partial charge in [0.2, 0.25) is 0 Å². The molecule has 24 heavy (non-hydrogen) atoms. The van der Waals surface area contributed by atoms with E-state index in [2.05, 4.69) is 60.1 Å². The Hall–Kier alpha value is -2.66. The number of aryl methyl sites for hydroxylation is 1. The lowest BCUT2D eigenvalue weighted by Crippen LogP contribution is -2.06. The van der Waals surface area contributed by atoms with Gasteiger partial charge in [-0.15, -0.1) is 6.58 Å². The van der Waals surface area contributed by atoms with E-state index in [1.807, 2.05) is 16.7 Å². The highest BCUT2D eigenvalue weighted by Gasteiger charge is 2.06. The lowest BCUT2D eigenvalue weighted by molar-refractivity contribution is 0.290. The summed E-state index contributed by atoms with van der Waals surface area (Å²) in [7, 11) is 0. The zero-order valence-corrected chi connectivity index (χ0v) is 14.3. The van der Waals surface area contributed by atoms with Gasteiger partial charge in [0.15, 0.2) is 10.6 Å². The van der Waals surface area contributed by atoms with Crippen molar-refractivity contribution in [2.75, 3.05) is 0 Å². The molecular formula is C19H19N3OS. The quantitative estimate of drug-likeness (QED) is 0.524. The van der Waals surface area contributed by atoms with E-state index in [-0.39, 0.29) is 0 Å². The number of aromatic amines is 1. The fraction of sp³-hybridized carbons (Fsp3) is 0.158. The summed E-state index contributed by atoms with van der Waals surface area (Å²) < 4.78 is 8.25. The van der Waals surface area contributed by atoms with Crippen molar-refractivity contribution < 1.29 is 4.74 Å². The molecule has 0 fully saturated rings. The van der Waals surface area contributed by atoms with E-state index >= 15 is 0 Å². The lowest BCUT2D eigenvalue weighted by Gasteiger charge is -2.08. The summed E-state index contributed by atoms with van der Waals surface area (Å²) in [6, 6.07) is 16.5. The van der Waals surface area contributed by atoms with Crippen molar-refractivity contribution >= 4 is 12.2 Å². The Labute approximate surface area is 146 Å². The van der Waals surface area contributed by atoms with E-state index in [0.29, 0.717) is 17.9 Å². The van der Waals surface area contributed by atoms with Crippen LogP contribution in [0.5, 0.6) is 5.75 Å². The molecule has 3 aromatic rings. The van der Waals surface area contributed by atoms with E-state index < -0.39 is 0 Å². The third-order valence-electron chi connectivity index (χ3n) is 3.76. The Bertz CT molecular complexity index is 876. The van der Waals surface area contributed by atoms with E-state index in [0.717, 1.165) is 17.1 Å². The Morgan fingerprint density at radius 1 is 1.12 bits per heavy atom. The first-order valence-corrected chi connectivity index (χ1v) is 8.13. The molecule has 2 aromatic carbocycles. The summed E-state index contributed by atoms with van der Waals surface area (Å²) in [6.07, 6.45) is 1.78. The van der Waals surface area contributed by atoms with Crippen LogP contribution in [0.15, 0.2) is 61.2 Å². The Morgan fingerprint density at radius 2 is 1.75 bits per heavy atom. The van der Waals surface area contributed by atoms with Crippen molar-refractivity contribution in [1.82, 2.24) is 14.8 Å². The molecule has 3 rings (SSSR count). The van der Waals surface area contributed by atoms with Gasteiger partial charge in [-0.3, -0.25) is 9.67 Å². The van der Waals surface area contributed by atoms with Gasteiger partial charge in [0.25, 0.3) is 0 Å². The SMILES string of the molecule is C=CCn1c(COc2ccc(-c3ccc(C)cc3)cc2)n[nH]c1=S. The number of hydrogen-bond acceptors (Lipinski definition) is 3. The fourth-order valence-corrected chi connectivity index (χ4v) is 2.64. The number of nitrogens with one attached hydrogen (secondary N) is 1. The van der Waals surface area contributed by atoms with Crippen LogP contribution < -0.4 is 4.74 Å².